The molecule has 0 aliphatic rings. The van der Waals surface area contributed by atoms with Gasteiger partial charge in [-0.15, -0.1) is 0 Å². The van der Waals surface area contributed by atoms with Gasteiger partial charge in [-0.25, -0.2) is 14.2 Å². The maximum atomic E-state index is 12.7. The smallest absolute Gasteiger partial charge is 0.416 e. The van der Waals surface area contributed by atoms with Crippen LogP contribution in [0.4, 0.5) is 13.2 Å². The molecule has 0 atom stereocenters. The number of imidazole rings is 1. The van der Waals surface area contributed by atoms with Crippen LogP contribution in [0.2, 0.25) is 0 Å². The van der Waals surface area contributed by atoms with E-state index in [0.717, 1.165) is 29.5 Å². The van der Waals surface area contributed by atoms with Crippen LogP contribution in [0, 0.1) is 0 Å². The molecule has 0 saturated heterocycles. The second kappa shape index (κ2) is 4.80. The van der Waals surface area contributed by atoms with Crippen molar-refractivity contribution >= 4 is 39.4 Å². The van der Waals surface area contributed by atoms with Crippen molar-refractivity contribution in [1.29, 1.82) is 0 Å². The lowest BCUT2D eigenvalue weighted by molar-refractivity contribution is -0.137. The number of alkyl halides is 3. The van der Waals surface area contributed by atoms with Crippen LogP contribution in [0.1, 0.15) is 5.56 Å². The maximum absolute atomic E-state index is 12.7. The number of benzene rings is 1. The highest BCUT2D eigenvalue weighted by Crippen LogP contribution is 2.31. The normalized spacial score (nSPS) is 13.2. The molecule has 0 unspecified atom stereocenters. The summed E-state index contributed by atoms with van der Waals surface area (Å²) in [4.78, 5) is 27.6. The van der Waals surface area contributed by atoms with Gasteiger partial charge < -0.3 is 4.74 Å². The first-order chi connectivity index (χ1) is 10.3. The molecule has 1 aromatic carbocycles. The van der Waals surface area contributed by atoms with Gasteiger partial charge in [0.15, 0.2) is 4.96 Å². The molecule has 0 aliphatic heterocycles. The largest absolute Gasteiger partial charge is 0.466 e. The molecular formula is C13H7F3N2O3S. The fourth-order valence-electron chi connectivity index (χ4n) is 2.01. The summed E-state index contributed by atoms with van der Waals surface area (Å²) in [5.41, 5.74) is -1.02. The van der Waals surface area contributed by atoms with Gasteiger partial charge in [-0.2, -0.15) is 13.2 Å². The predicted molar refractivity (Wildman–Crippen MR) is 73.5 cm³/mol. The van der Waals surface area contributed by atoms with Crippen molar-refractivity contribution in [3.05, 3.63) is 38.6 Å². The van der Waals surface area contributed by atoms with Gasteiger partial charge in [0.05, 0.1) is 23.7 Å². The molecule has 0 saturated carbocycles. The summed E-state index contributed by atoms with van der Waals surface area (Å²) in [5, 5.41) is 0. The van der Waals surface area contributed by atoms with Crippen molar-refractivity contribution in [1.82, 2.24) is 9.38 Å². The molecule has 2 aromatic heterocycles. The van der Waals surface area contributed by atoms with Gasteiger partial charge in [0, 0.05) is 6.08 Å². The second-order valence-electron chi connectivity index (χ2n) is 4.37. The number of halogens is 3. The molecule has 5 nitrogen and oxygen atoms in total. The van der Waals surface area contributed by atoms with Crippen molar-refractivity contribution < 1.29 is 22.7 Å². The highest BCUT2D eigenvalue weighted by molar-refractivity contribution is 7.15. The number of carbonyl (C=O) groups excluding carboxylic acids is 1. The summed E-state index contributed by atoms with van der Waals surface area (Å²) >= 11 is 0.908. The lowest BCUT2D eigenvalue weighted by Gasteiger charge is -2.05. The Morgan fingerprint density at radius 2 is 2.14 bits per heavy atom. The van der Waals surface area contributed by atoms with E-state index in [2.05, 4.69) is 9.72 Å². The molecule has 0 spiro atoms. The molecule has 0 bridgehead atoms. The predicted octanol–water partition coefficient (Wildman–Crippen LogP) is 1.60. The van der Waals surface area contributed by atoms with E-state index in [1.54, 1.807) is 0 Å². The first-order valence-corrected chi connectivity index (χ1v) is 6.75. The molecule has 0 radical (unpaired) electrons. The van der Waals surface area contributed by atoms with Gasteiger partial charge in [0.25, 0.3) is 5.56 Å². The van der Waals surface area contributed by atoms with Crippen LogP contribution in [0.15, 0.2) is 23.0 Å². The SMILES string of the molecule is COC(=O)/C=c1/sc2nc3cc(C(F)(F)F)ccc3n2c1=O. The zero-order valence-corrected chi connectivity index (χ0v) is 11.8. The summed E-state index contributed by atoms with van der Waals surface area (Å²) in [6, 6.07) is 2.96. The Balaban J connectivity index is 2.28. The molecule has 114 valence electrons. The first kappa shape index (κ1) is 14.5. The standard InChI is InChI=1S/C13H7F3N2O3S/c1-21-10(19)5-9-11(20)18-8-3-2-6(13(14,15)16)4-7(8)17-12(18)22-9/h2-5H,1H3/b9-5+. The highest BCUT2D eigenvalue weighted by Gasteiger charge is 2.31. The zero-order chi connectivity index (χ0) is 16.1. The minimum Gasteiger partial charge on any atom is -0.466 e. The average Bonchev–Trinajstić information content (AvgIpc) is 2.94. The lowest BCUT2D eigenvalue weighted by atomic mass is 10.2. The monoisotopic (exact) mass is 328 g/mol. The Morgan fingerprint density at radius 3 is 2.77 bits per heavy atom. The molecule has 3 aromatic rings. The number of hydrogen-bond donors (Lipinski definition) is 0. The fraction of sp³-hybridized carbons (Fsp3) is 0.154. The minimum atomic E-state index is -4.48. The number of aromatic nitrogens is 2. The summed E-state index contributed by atoms with van der Waals surface area (Å²) in [7, 11) is 1.18. The van der Waals surface area contributed by atoms with Gasteiger partial charge in [0.2, 0.25) is 0 Å². The van der Waals surface area contributed by atoms with E-state index in [-0.39, 0.29) is 20.5 Å². The Hall–Kier alpha value is -2.42. The van der Waals surface area contributed by atoms with Gasteiger partial charge >= 0.3 is 12.1 Å². The maximum Gasteiger partial charge on any atom is 0.416 e. The summed E-state index contributed by atoms with van der Waals surface area (Å²) in [6.07, 6.45) is -3.45. The van der Waals surface area contributed by atoms with Crippen LogP contribution in [0.5, 0.6) is 0 Å². The molecule has 3 rings (SSSR count). The van der Waals surface area contributed by atoms with E-state index in [1.807, 2.05) is 0 Å². The summed E-state index contributed by atoms with van der Waals surface area (Å²) < 4.78 is 43.7. The molecule has 0 aliphatic carbocycles. The quantitative estimate of drug-likeness (QED) is 0.637. The molecular weight excluding hydrogens is 321 g/mol. The van der Waals surface area contributed by atoms with Crippen molar-refractivity contribution in [2.24, 2.45) is 0 Å². The Kier molecular flexibility index (Phi) is 3.17. The van der Waals surface area contributed by atoms with E-state index in [9.17, 15) is 22.8 Å². The molecule has 9 heteroatoms. The van der Waals surface area contributed by atoms with Gasteiger partial charge in [-0.05, 0) is 18.2 Å². The van der Waals surface area contributed by atoms with Crippen LogP contribution in [-0.2, 0) is 15.7 Å². The number of thiazole rings is 1. The third-order valence-electron chi connectivity index (χ3n) is 3.02. The number of esters is 1. The number of nitrogens with zero attached hydrogens (tertiary/aromatic N) is 2. The van der Waals surface area contributed by atoms with E-state index >= 15 is 0 Å². The summed E-state index contributed by atoms with van der Waals surface area (Å²) in [6.45, 7) is 0. The van der Waals surface area contributed by atoms with Gasteiger partial charge in [-0.1, -0.05) is 11.3 Å². The fourth-order valence-corrected chi connectivity index (χ4v) is 2.96. The zero-order valence-electron chi connectivity index (χ0n) is 11.0. The number of carbonyl (C=O) groups is 1. The number of fused-ring (bicyclic) bond motifs is 3. The van der Waals surface area contributed by atoms with Crippen LogP contribution < -0.4 is 10.1 Å². The van der Waals surface area contributed by atoms with Crippen molar-refractivity contribution in [3.8, 4) is 0 Å². The van der Waals surface area contributed by atoms with E-state index in [1.165, 1.54) is 17.6 Å². The van der Waals surface area contributed by atoms with E-state index in [0.29, 0.717) is 0 Å². The number of methoxy groups -OCH3 is 1. The molecule has 22 heavy (non-hydrogen) atoms. The Morgan fingerprint density at radius 1 is 1.41 bits per heavy atom. The summed E-state index contributed by atoms with van der Waals surface area (Å²) in [5.74, 6) is -0.690. The first-order valence-electron chi connectivity index (χ1n) is 5.93. The third-order valence-corrected chi connectivity index (χ3v) is 3.99. The van der Waals surface area contributed by atoms with Crippen LogP contribution >= 0.6 is 11.3 Å². The van der Waals surface area contributed by atoms with Gasteiger partial charge in [-0.3, -0.25) is 4.79 Å². The molecule has 0 N–H and O–H groups in total. The van der Waals surface area contributed by atoms with Crippen molar-refractivity contribution in [2.75, 3.05) is 7.11 Å². The average molecular weight is 328 g/mol. The number of ether oxygens (including phenoxy) is 1. The van der Waals surface area contributed by atoms with Crippen molar-refractivity contribution in [3.63, 3.8) is 0 Å². The minimum absolute atomic E-state index is 0.0720. The topological polar surface area (TPSA) is 60.7 Å². The van der Waals surface area contributed by atoms with Crippen LogP contribution in [0.3, 0.4) is 0 Å². The number of rotatable bonds is 1. The number of hydrogen-bond acceptors (Lipinski definition) is 5. The van der Waals surface area contributed by atoms with Crippen molar-refractivity contribution in [2.45, 2.75) is 6.18 Å². The van der Waals surface area contributed by atoms with Crippen LogP contribution in [0.25, 0.3) is 22.1 Å². The molecule has 0 fully saturated rings. The Bertz CT molecular complexity index is 1000. The molecule has 0 amide bonds. The Labute approximate surface area is 124 Å². The molecule has 2 heterocycles. The lowest BCUT2D eigenvalue weighted by Crippen LogP contribution is -2.24. The highest BCUT2D eigenvalue weighted by atomic mass is 32.1. The third kappa shape index (κ3) is 2.23. The van der Waals surface area contributed by atoms with Gasteiger partial charge in [0.1, 0.15) is 4.53 Å². The van der Waals surface area contributed by atoms with Crippen LogP contribution in [-0.4, -0.2) is 22.5 Å². The van der Waals surface area contributed by atoms with E-state index < -0.39 is 23.3 Å². The van der Waals surface area contributed by atoms with E-state index in [4.69, 9.17) is 0 Å². The second-order valence-corrected chi connectivity index (χ2v) is 5.38.